The third-order valence-electron chi connectivity index (χ3n) is 2.51. The Kier molecular flexibility index (Phi) is 2.55. The molecule has 0 spiro atoms. The maximum Gasteiger partial charge on any atom is 0.229 e. The Morgan fingerprint density at radius 3 is 2.94 bits per heavy atom. The van der Waals surface area contributed by atoms with Gasteiger partial charge >= 0.3 is 0 Å². The lowest BCUT2D eigenvalue weighted by Crippen LogP contribution is -2.29. The van der Waals surface area contributed by atoms with Crippen LogP contribution in [0.2, 0.25) is 0 Å². The Morgan fingerprint density at radius 1 is 1.62 bits per heavy atom. The molecule has 1 aliphatic rings. The highest BCUT2D eigenvalue weighted by Crippen LogP contribution is 2.23. The van der Waals surface area contributed by atoms with Crippen molar-refractivity contribution in [1.29, 1.82) is 0 Å². The molecule has 2 N–H and O–H groups in total. The molecule has 1 fully saturated rings. The Balaban J connectivity index is 2.23. The van der Waals surface area contributed by atoms with E-state index in [1.807, 2.05) is 0 Å². The van der Waals surface area contributed by atoms with Crippen LogP contribution in [0.3, 0.4) is 0 Å². The summed E-state index contributed by atoms with van der Waals surface area (Å²) in [6.07, 6.45) is 1.34. The van der Waals surface area contributed by atoms with E-state index >= 15 is 0 Å². The third kappa shape index (κ3) is 1.86. The van der Waals surface area contributed by atoms with Crippen LogP contribution in [0.15, 0.2) is 18.3 Å². The Bertz CT molecular complexity index is 449. The van der Waals surface area contributed by atoms with E-state index in [2.05, 4.69) is 4.98 Å². The van der Waals surface area contributed by atoms with Crippen LogP contribution in [0.5, 0.6) is 0 Å². The van der Waals surface area contributed by atoms with E-state index in [1.54, 1.807) is 0 Å². The fourth-order valence-electron chi connectivity index (χ4n) is 1.66. The molecule has 1 atom stereocenters. The van der Waals surface area contributed by atoms with Crippen molar-refractivity contribution in [2.24, 2.45) is 11.7 Å². The van der Waals surface area contributed by atoms with Crippen molar-refractivity contribution in [2.75, 3.05) is 11.4 Å². The lowest BCUT2D eigenvalue weighted by molar-refractivity contribution is -0.123. The number of hydrogen-bond donors (Lipinski definition) is 1. The number of nitrogens with zero attached hydrogens (tertiary/aromatic N) is 2. The molecular weight excluding hydrogens is 213 g/mol. The highest BCUT2D eigenvalue weighted by atomic mass is 19.1. The van der Waals surface area contributed by atoms with Gasteiger partial charge in [0.25, 0.3) is 0 Å². The van der Waals surface area contributed by atoms with Crippen molar-refractivity contribution in [2.45, 2.75) is 6.42 Å². The van der Waals surface area contributed by atoms with Gasteiger partial charge in [-0.25, -0.2) is 9.37 Å². The van der Waals surface area contributed by atoms with Gasteiger partial charge in [0, 0.05) is 25.2 Å². The van der Waals surface area contributed by atoms with Crippen molar-refractivity contribution in [3.05, 3.63) is 24.1 Å². The molecule has 1 aliphatic heterocycles. The molecule has 2 rings (SSSR count). The monoisotopic (exact) mass is 223 g/mol. The predicted molar refractivity (Wildman–Crippen MR) is 53.8 cm³/mol. The summed E-state index contributed by atoms with van der Waals surface area (Å²) >= 11 is 0. The molecule has 6 heteroatoms. The first-order valence-electron chi connectivity index (χ1n) is 4.79. The van der Waals surface area contributed by atoms with E-state index < -0.39 is 17.6 Å². The number of rotatable bonds is 2. The average molecular weight is 223 g/mol. The molecule has 2 heterocycles. The Hall–Kier alpha value is -1.98. The number of amides is 2. The summed E-state index contributed by atoms with van der Waals surface area (Å²) in [5, 5.41) is 0. The minimum Gasteiger partial charge on any atom is -0.369 e. The van der Waals surface area contributed by atoms with Crippen LogP contribution < -0.4 is 10.6 Å². The molecule has 0 saturated carbocycles. The van der Waals surface area contributed by atoms with Gasteiger partial charge in [0.2, 0.25) is 11.8 Å². The normalized spacial score (nSPS) is 20.2. The van der Waals surface area contributed by atoms with Gasteiger partial charge in [0.05, 0.1) is 5.92 Å². The highest BCUT2D eigenvalue weighted by Gasteiger charge is 2.34. The van der Waals surface area contributed by atoms with E-state index in [4.69, 9.17) is 5.73 Å². The van der Waals surface area contributed by atoms with Crippen LogP contribution in [-0.2, 0) is 9.59 Å². The Labute approximate surface area is 91.1 Å². The van der Waals surface area contributed by atoms with E-state index in [1.165, 1.54) is 17.2 Å². The van der Waals surface area contributed by atoms with Crippen LogP contribution in [-0.4, -0.2) is 23.3 Å². The van der Waals surface area contributed by atoms with Crippen LogP contribution >= 0.6 is 0 Å². The van der Waals surface area contributed by atoms with Crippen LogP contribution in [0.25, 0.3) is 0 Å². The second-order valence-corrected chi connectivity index (χ2v) is 3.64. The van der Waals surface area contributed by atoms with Gasteiger partial charge in [-0.15, -0.1) is 0 Å². The van der Waals surface area contributed by atoms with Crippen LogP contribution in [0.1, 0.15) is 6.42 Å². The zero-order chi connectivity index (χ0) is 11.7. The van der Waals surface area contributed by atoms with E-state index in [0.717, 1.165) is 6.07 Å². The number of anilines is 1. The molecule has 1 unspecified atom stereocenters. The lowest BCUT2D eigenvalue weighted by atomic mass is 10.1. The first-order chi connectivity index (χ1) is 7.58. The summed E-state index contributed by atoms with van der Waals surface area (Å²) in [7, 11) is 0. The maximum absolute atomic E-state index is 12.9. The predicted octanol–water partition coefficient (Wildman–Crippen LogP) is 0.0589. The molecule has 2 amide bonds. The van der Waals surface area contributed by atoms with Crippen molar-refractivity contribution < 1.29 is 14.0 Å². The van der Waals surface area contributed by atoms with Gasteiger partial charge in [-0.1, -0.05) is 0 Å². The van der Waals surface area contributed by atoms with E-state index in [-0.39, 0.29) is 24.7 Å². The van der Waals surface area contributed by atoms with Gasteiger partial charge in [-0.2, -0.15) is 0 Å². The lowest BCUT2D eigenvalue weighted by Gasteiger charge is -2.14. The second-order valence-electron chi connectivity index (χ2n) is 3.64. The van der Waals surface area contributed by atoms with E-state index in [9.17, 15) is 14.0 Å². The summed E-state index contributed by atoms with van der Waals surface area (Å²) < 4.78 is 12.9. The first kappa shape index (κ1) is 10.5. The molecule has 1 saturated heterocycles. The van der Waals surface area contributed by atoms with Gasteiger partial charge in [0.1, 0.15) is 11.6 Å². The fraction of sp³-hybridized carbons (Fsp3) is 0.300. The SMILES string of the molecule is NC(=O)C1CC(=O)N(c2cc(F)ccn2)C1. The van der Waals surface area contributed by atoms with Gasteiger partial charge in [-0.3, -0.25) is 14.5 Å². The minimum absolute atomic E-state index is 0.0630. The molecule has 84 valence electrons. The summed E-state index contributed by atoms with van der Waals surface area (Å²) in [5.74, 6) is -1.55. The molecule has 1 aromatic heterocycles. The van der Waals surface area contributed by atoms with Crippen molar-refractivity contribution in [3.8, 4) is 0 Å². The summed E-state index contributed by atoms with van der Waals surface area (Å²) in [6.45, 7) is 0.171. The highest BCUT2D eigenvalue weighted by molar-refractivity contribution is 5.99. The number of halogens is 1. The molecule has 0 radical (unpaired) electrons. The third-order valence-corrected chi connectivity index (χ3v) is 2.51. The number of nitrogens with two attached hydrogens (primary N) is 1. The molecule has 0 aromatic carbocycles. The standard InChI is InChI=1S/C10H10FN3O2/c11-7-1-2-13-8(4-7)14-5-6(10(12)16)3-9(14)15/h1-2,4,6H,3,5H2,(H2,12,16). The average Bonchev–Trinajstić information content (AvgIpc) is 2.60. The van der Waals surface area contributed by atoms with Gasteiger partial charge < -0.3 is 5.73 Å². The van der Waals surface area contributed by atoms with Gasteiger partial charge in [-0.05, 0) is 6.07 Å². The Morgan fingerprint density at radius 2 is 2.38 bits per heavy atom. The summed E-state index contributed by atoms with van der Waals surface area (Å²) in [6, 6.07) is 2.34. The van der Waals surface area contributed by atoms with Crippen molar-refractivity contribution >= 4 is 17.6 Å². The maximum atomic E-state index is 12.9. The number of hydrogen-bond acceptors (Lipinski definition) is 3. The minimum atomic E-state index is -0.521. The number of pyridine rings is 1. The second kappa shape index (κ2) is 3.88. The first-order valence-corrected chi connectivity index (χ1v) is 4.79. The largest absolute Gasteiger partial charge is 0.369 e. The molecule has 16 heavy (non-hydrogen) atoms. The van der Waals surface area contributed by atoms with Gasteiger partial charge in [0.15, 0.2) is 0 Å². The van der Waals surface area contributed by atoms with Crippen molar-refractivity contribution in [1.82, 2.24) is 4.98 Å². The molecule has 0 bridgehead atoms. The molecular formula is C10H10FN3O2. The number of aromatic nitrogens is 1. The molecule has 5 nitrogen and oxygen atoms in total. The number of primary amides is 1. The van der Waals surface area contributed by atoms with E-state index in [0.29, 0.717) is 0 Å². The molecule has 1 aromatic rings. The summed E-state index contributed by atoms with van der Waals surface area (Å²) in [5.41, 5.74) is 5.12. The topological polar surface area (TPSA) is 76.3 Å². The molecule has 0 aliphatic carbocycles. The quantitative estimate of drug-likeness (QED) is 0.770. The fourth-order valence-corrected chi connectivity index (χ4v) is 1.66. The van der Waals surface area contributed by atoms with Crippen LogP contribution in [0, 0.1) is 11.7 Å². The van der Waals surface area contributed by atoms with Crippen molar-refractivity contribution in [3.63, 3.8) is 0 Å². The zero-order valence-electron chi connectivity index (χ0n) is 8.39. The van der Waals surface area contributed by atoms with Crippen LogP contribution in [0.4, 0.5) is 10.2 Å². The zero-order valence-corrected chi connectivity index (χ0v) is 8.39. The number of carbonyl (C=O) groups is 2. The smallest absolute Gasteiger partial charge is 0.229 e. The summed E-state index contributed by atoms with van der Waals surface area (Å²) in [4.78, 5) is 27.7. The number of carbonyl (C=O) groups excluding carboxylic acids is 2.